The summed E-state index contributed by atoms with van der Waals surface area (Å²) in [7, 11) is 1.91. The maximum absolute atomic E-state index is 10.5. The third-order valence-corrected chi connectivity index (χ3v) is 3.58. The molecule has 1 aliphatic carbocycles. The Bertz CT molecular complexity index is 173. The Morgan fingerprint density at radius 1 is 1.55 bits per heavy atom. The lowest BCUT2D eigenvalue weighted by Crippen LogP contribution is -2.64. The fraction of sp³-hybridized carbons (Fsp3) is 1.00. The van der Waals surface area contributed by atoms with Crippen LogP contribution in [0.25, 0.3) is 0 Å². The summed E-state index contributed by atoms with van der Waals surface area (Å²) >= 11 is 0.171. The molecule has 0 atom stereocenters. The summed E-state index contributed by atoms with van der Waals surface area (Å²) in [6.45, 7) is 2.35. The minimum atomic E-state index is 0.171. The predicted molar refractivity (Wildman–Crippen MR) is 45.6 cm³/mol. The van der Waals surface area contributed by atoms with Crippen LogP contribution in [0.5, 0.6) is 0 Å². The van der Waals surface area contributed by atoms with Gasteiger partial charge < -0.3 is 5.32 Å². The normalized spacial score (nSPS) is 28.5. The van der Waals surface area contributed by atoms with E-state index in [0.29, 0.717) is 11.5 Å². The summed E-state index contributed by atoms with van der Waals surface area (Å²) in [5.41, 5.74) is 0.601. The van der Waals surface area contributed by atoms with Gasteiger partial charge >= 0.3 is 0 Å². The summed E-state index contributed by atoms with van der Waals surface area (Å²) in [6.07, 6.45) is 2.46. The van der Waals surface area contributed by atoms with Crippen molar-refractivity contribution in [1.29, 1.82) is 0 Å². The molecular formula is C7H14N2OS. The van der Waals surface area contributed by atoms with E-state index in [0.717, 1.165) is 0 Å². The molecule has 0 unspecified atom stereocenters. The maximum atomic E-state index is 10.5. The van der Waals surface area contributed by atoms with Crippen molar-refractivity contribution >= 4 is 11.9 Å². The van der Waals surface area contributed by atoms with Crippen LogP contribution in [0.4, 0.5) is 0 Å². The van der Waals surface area contributed by atoms with Gasteiger partial charge in [0.15, 0.2) is 0 Å². The molecule has 0 aromatic carbocycles. The van der Waals surface area contributed by atoms with Gasteiger partial charge in [-0.2, -0.15) is 0 Å². The standard InChI is InChI=1S/C7H14N2OS/c1-9(11-10)6-2-7(3-6)4-8-5-7/h6,8,11H,2-5H2,1H3. The Morgan fingerprint density at radius 2 is 2.18 bits per heavy atom. The first kappa shape index (κ1) is 7.71. The lowest BCUT2D eigenvalue weighted by atomic mass is 9.62. The molecular weight excluding hydrogens is 160 g/mol. The van der Waals surface area contributed by atoms with Crippen LogP contribution in [0.1, 0.15) is 12.8 Å². The van der Waals surface area contributed by atoms with Crippen molar-refractivity contribution in [1.82, 2.24) is 9.62 Å². The Morgan fingerprint density at radius 3 is 2.55 bits per heavy atom. The highest BCUT2D eigenvalue weighted by atomic mass is 32.2. The van der Waals surface area contributed by atoms with Crippen molar-refractivity contribution in [3.8, 4) is 0 Å². The predicted octanol–water partition coefficient (Wildman–Crippen LogP) is -0.470. The fourth-order valence-electron chi connectivity index (χ4n) is 2.04. The second-order valence-electron chi connectivity index (χ2n) is 3.82. The van der Waals surface area contributed by atoms with E-state index in [-0.39, 0.29) is 11.9 Å². The van der Waals surface area contributed by atoms with Crippen LogP contribution in [0.2, 0.25) is 0 Å². The van der Waals surface area contributed by atoms with E-state index in [1.165, 1.54) is 25.9 Å². The van der Waals surface area contributed by atoms with E-state index in [1.807, 2.05) is 11.4 Å². The molecule has 2 fully saturated rings. The smallest absolute Gasteiger partial charge is 0.0808 e. The summed E-state index contributed by atoms with van der Waals surface area (Å²) in [5, 5.41) is 3.28. The fourth-order valence-corrected chi connectivity index (χ4v) is 2.33. The van der Waals surface area contributed by atoms with Gasteiger partial charge in [-0.05, 0) is 25.3 Å². The molecule has 1 spiro atoms. The molecule has 1 saturated carbocycles. The van der Waals surface area contributed by atoms with E-state index >= 15 is 0 Å². The zero-order valence-corrected chi connectivity index (χ0v) is 7.60. The van der Waals surface area contributed by atoms with Crippen LogP contribution >= 0.6 is 0 Å². The SMILES string of the molecule is CN([SH]=O)C1CC2(CNC2)C1. The molecule has 0 radical (unpaired) electrons. The number of hydrogen-bond donors (Lipinski definition) is 2. The van der Waals surface area contributed by atoms with Crippen molar-refractivity contribution in [3.05, 3.63) is 0 Å². The van der Waals surface area contributed by atoms with Gasteiger partial charge in [0.2, 0.25) is 0 Å². The number of hydrogen-bond acceptors (Lipinski definition) is 2. The van der Waals surface area contributed by atoms with Crippen LogP contribution in [-0.4, -0.2) is 34.7 Å². The Kier molecular flexibility index (Phi) is 1.78. The van der Waals surface area contributed by atoms with E-state index in [9.17, 15) is 4.21 Å². The number of rotatable bonds is 2. The lowest BCUT2D eigenvalue weighted by molar-refractivity contribution is 0.00181. The van der Waals surface area contributed by atoms with Crippen LogP contribution in [0.3, 0.4) is 0 Å². The first-order chi connectivity index (χ1) is 5.26. The number of nitrogens with zero attached hydrogens (tertiary/aromatic N) is 1. The summed E-state index contributed by atoms with van der Waals surface area (Å²) in [6, 6.07) is 0.566. The van der Waals surface area contributed by atoms with E-state index < -0.39 is 0 Å². The average molecular weight is 174 g/mol. The minimum Gasteiger partial charge on any atom is -0.316 e. The number of thiol groups is 1. The minimum absolute atomic E-state index is 0.171. The van der Waals surface area contributed by atoms with Crippen molar-refractivity contribution < 1.29 is 4.21 Å². The molecule has 11 heavy (non-hydrogen) atoms. The first-order valence-corrected chi connectivity index (χ1v) is 4.79. The molecule has 2 rings (SSSR count). The van der Waals surface area contributed by atoms with Gasteiger partial charge in [0, 0.05) is 19.1 Å². The highest BCUT2D eigenvalue weighted by Crippen LogP contribution is 2.45. The van der Waals surface area contributed by atoms with Crippen LogP contribution in [0, 0.1) is 5.41 Å². The van der Waals surface area contributed by atoms with Crippen molar-refractivity contribution in [2.24, 2.45) is 5.41 Å². The molecule has 4 heteroatoms. The third-order valence-electron chi connectivity index (χ3n) is 2.99. The molecule has 64 valence electrons. The highest BCUT2D eigenvalue weighted by Gasteiger charge is 2.49. The molecule has 0 aromatic rings. The zero-order chi connectivity index (χ0) is 7.90. The molecule has 2 aliphatic rings. The Hall–Kier alpha value is 0.0700. The second-order valence-corrected chi connectivity index (χ2v) is 4.62. The molecule has 3 nitrogen and oxygen atoms in total. The quantitative estimate of drug-likeness (QED) is 0.555. The van der Waals surface area contributed by atoms with Gasteiger partial charge in [0.1, 0.15) is 0 Å². The van der Waals surface area contributed by atoms with Gasteiger partial charge in [0.05, 0.1) is 11.9 Å². The van der Waals surface area contributed by atoms with E-state index in [1.54, 1.807) is 0 Å². The van der Waals surface area contributed by atoms with Crippen LogP contribution in [0.15, 0.2) is 0 Å². The molecule has 0 aromatic heterocycles. The van der Waals surface area contributed by atoms with Crippen molar-refractivity contribution in [2.75, 3.05) is 20.1 Å². The second kappa shape index (κ2) is 2.54. The summed E-state index contributed by atoms with van der Waals surface area (Å²) < 4.78 is 12.4. The van der Waals surface area contributed by atoms with Gasteiger partial charge in [-0.15, -0.1) is 0 Å². The van der Waals surface area contributed by atoms with Crippen molar-refractivity contribution in [2.45, 2.75) is 18.9 Å². The monoisotopic (exact) mass is 174 g/mol. The molecule has 1 heterocycles. The van der Waals surface area contributed by atoms with Gasteiger partial charge in [0.25, 0.3) is 0 Å². The Labute approximate surface area is 70.8 Å². The lowest BCUT2D eigenvalue weighted by Gasteiger charge is -2.55. The molecule has 1 N–H and O–H groups in total. The van der Waals surface area contributed by atoms with Gasteiger partial charge in [-0.25, -0.2) is 8.51 Å². The third kappa shape index (κ3) is 1.13. The molecule has 1 aliphatic heterocycles. The topological polar surface area (TPSA) is 32.3 Å². The molecule has 0 amide bonds. The van der Waals surface area contributed by atoms with Crippen molar-refractivity contribution in [3.63, 3.8) is 0 Å². The Balaban J connectivity index is 1.82. The average Bonchev–Trinajstić information content (AvgIpc) is 1.81. The van der Waals surface area contributed by atoms with Gasteiger partial charge in [-0.3, -0.25) is 0 Å². The van der Waals surface area contributed by atoms with E-state index in [4.69, 9.17) is 0 Å². The zero-order valence-electron chi connectivity index (χ0n) is 6.71. The first-order valence-electron chi connectivity index (χ1n) is 4.03. The highest BCUT2D eigenvalue weighted by molar-refractivity contribution is 7.62. The van der Waals surface area contributed by atoms with Crippen LogP contribution in [-0.2, 0) is 11.9 Å². The summed E-state index contributed by atoms with van der Waals surface area (Å²) in [4.78, 5) is 0. The summed E-state index contributed by atoms with van der Waals surface area (Å²) in [5.74, 6) is 0. The largest absolute Gasteiger partial charge is 0.316 e. The molecule has 1 saturated heterocycles. The maximum Gasteiger partial charge on any atom is 0.0808 e. The number of nitrogens with one attached hydrogen (secondary N) is 1. The van der Waals surface area contributed by atoms with Crippen LogP contribution < -0.4 is 5.32 Å². The molecule has 0 bridgehead atoms. The van der Waals surface area contributed by atoms with Gasteiger partial charge in [-0.1, -0.05) is 0 Å². The van der Waals surface area contributed by atoms with E-state index in [2.05, 4.69) is 5.32 Å².